The maximum absolute atomic E-state index is 5.50. The molecule has 0 spiro atoms. The largest absolute Gasteiger partial charge is 0.353 e. The van der Waals surface area contributed by atoms with Crippen LogP contribution in [0.15, 0.2) is 0 Å². The molecule has 77 valence electrons. The molecule has 1 unspecified atom stereocenters. The van der Waals surface area contributed by atoms with Crippen LogP contribution in [0.2, 0.25) is 0 Å². The van der Waals surface area contributed by atoms with Gasteiger partial charge in [0, 0.05) is 19.1 Å². The van der Waals surface area contributed by atoms with Gasteiger partial charge in [-0.05, 0) is 12.8 Å². The molecule has 1 aliphatic rings. The summed E-state index contributed by atoms with van der Waals surface area (Å²) < 4.78 is 5.50. The van der Waals surface area contributed by atoms with Gasteiger partial charge in [0.15, 0.2) is 6.23 Å². The molecule has 1 atom stereocenters. The summed E-state index contributed by atoms with van der Waals surface area (Å²) in [6, 6.07) is 0.583. The van der Waals surface area contributed by atoms with Gasteiger partial charge in [0.1, 0.15) is 0 Å². The van der Waals surface area contributed by atoms with Crippen molar-refractivity contribution in [3.63, 3.8) is 0 Å². The third-order valence-electron chi connectivity index (χ3n) is 2.34. The summed E-state index contributed by atoms with van der Waals surface area (Å²) in [7, 11) is 0. The van der Waals surface area contributed by atoms with E-state index in [1.165, 1.54) is 19.3 Å². The van der Waals surface area contributed by atoms with Crippen molar-refractivity contribution in [1.29, 1.82) is 0 Å². The van der Waals surface area contributed by atoms with Crippen LogP contribution in [0.1, 0.15) is 33.1 Å². The molecule has 1 heterocycles. The Balaban J connectivity index is 2.18. The molecule has 3 heteroatoms. The second kappa shape index (κ2) is 6.35. The number of hydrogen-bond acceptors (Lipinski definition) is 3. The van der Waals surface area contributed by atoms with Crippen LogP contribution >= 0.6 is 0 Å². The Morgan fingerprint density at radius 2 is 2.38 bits per heavy atom. The van der Waals surface area contributed by atoms with Gasteiger partial charge in [-0.25, -0.2) is 0 Å². The highest BCUT2D eigenvalue weighted by Crippen LogP contribution is 2.07. The van der Waals surface area contributed by atoms with Crippen molar-refractivity contribution < 1.29 is 4.74 Å². The minimum absolute atomic E-state index is 0.583. The third-order valence-corrected chi connectivity index (χ3v) is 2.34. The lowest BCUT2D eigenvalue weighted by molar-refractivity contribution is 0.0821. The average molecular weight is 185 g/mol. The van der Waals surface area contributed by atoms with Gasteiger partial charge in [-0.3, -0.25) is 5.32 Å². The van der Waals surface area contributed by atoms with E-state index >= 15 is 0 Å². The van der Waals surface area contributed by atoms with Crippen LogP contribution < -0.4 is 10.6 Å². The average Bonchev–Trinajstić information content (AvgIpc) is 2.19. The molecule has 0 aromatic heterocycles. The predicted octanol–water partition coefficient (Wildman–Crippen LogP) is 1.26. The number of hydrogen-bond donors (Lipinski definition) is 2. The van der Waals surface area contributed by atoms with E-state index in [0.29, 0.717) is 6.04 Å². The topological polar surface area (TPSA) is 33.3 Å². The van der Waals surface area contributed by atoms with Crippen LogP contribution in [0.3, 0.4) is 0 Å². The van der Waals surface area contributed by atoms with Crippen molar-refractivity contribution in [1.82, 2.24) is 10.6 Å². The molecule has 0 amide bonds. The van der Waals surface area contributed by atoms with E-state index in [1.807, 2.05) is 0 Å². The van der Waals surface area contributed by atoms with Crippen molar-refractivity contribution in [2.75, 3.05) is 19.7 Å². The van der Waals surface area contributed by atoms with Gasteiger partial charge in [0.25, 0.3) is 0 Å². The van der Waals surface area contributed by atoms with Crippen molar-refractivity contribution in [2.24, 2.45) is 0 Å². The summed E-state index contributed by atoms with van der Waals surface area (Å²) in [5, 5.41) is 6.72. The lowest BCUT2D eigenvalue weighted by Gasteiger charge is -2.27. The Labute approximate surface area is 81.2 Å². The van der Waals surface area contributed by atoms with E-state index in [0.717, 1.165) is 25.9 Å². The first-order valence-electron chi connectivity index (χ1n) is 5.32. The van der Waals surface area contributed by atoms with Crippen molar-refractivity contribution in [2.45, 2.75) is 39.2 Å². The fourth-order valence-electron chi connectivity index (χ4n) is 1.55. The van der Waals surface area contributed by atoms with E-state index in [1.54, 1.807) is 0 Å². The van der Waals surface area contributed by atoms with Crippen LogP contribution in [0, 0.1) is 6.23 Å². The Kier molecular flexibility index (Phi) is 5.35. The highest BCUT2D eigenvalue weighted by atomic mass is 16.5. The first-order valence-corrected chi connectivity index (χ1v) is 5.32. The molecule has 1 fully saturated rings. The first-order chi connectivity index (χ1) is 6.36. The van der Waals surface area contributed by atoms with Gasteiger partial charge >= 0.3 is 0 Å². The van der Waals surface area contributed by atoms with Gasteiger partial charge in [-0.2, -0.15) is 0 Å². The van der Waals surface area contributed by atoms with Crippen LogP contribution in [0.5, 0.6) is 0 Å². The second-order valence-corrected chi connectivity index (χ2v) is 3.49. The molecule has 2 N–H and O–H groups in total. The third kappa shape index (κ3) is 4.07. The molecule has 0 saturated carbocycles. The Morgan fingerprint density at radius 3 is 2.92 bits per heavy atom. The lowest BCUT2D eigenvalue weighted by Crippen LogP contribution is -2.44. The number of rotatable bonds is 5. The zero-order valence-electron chi connectivity index (χ0n) is 8.73. The number of morpholine rings is 1. The van der Waals surface area contributed by atoms with Crippen molar-refractivity contribution in [3.8, 4) is 0 Å². The summed E-state index contributed by atoms with van der Waals surface area (Å²) >= 11 is 0. The van der Waals surface area contributed by atoms with E-state index in [4.69, 9.17) is 4.74 Å². The van der Waals surface area contributed by atoms with E-state index in [-0.39, 0.29) is 0 Å². The van der Waals surface area contributed by atoms with Gasteiger partial charge in [0.2, 0.25) is 0 Å². The first kappa shape index (κ1) is 11.0. The molecule has 1 saturated heterocycles. The molecule has 1 rings (SSSR count). The number of nitrogens with one attached hydrogen (secondary N) is 2. The fourth-order valence-corrected chi connectivity index (χ4v) is 1.55. The van der Waals surface area contributed by atoms with Gasteiger partial charge in [-0.1, -0.05) is 20.3 Å². The molecule has 3 nitrogen and oxygen atoms in total. The normalized spacial score (nSPS) is 21.7. The number of ether oxygens (including phenoxy) is 1. The molecule has 0 bridgehead atoms. The Bertz CT molecular complexity index is 121. The summed E-state index contributed by atoms with van der Waals surface area (Å²) in [5.41, 5.74) is 0. The summed E-state index contributed by atoms with van der Waals surface area (Å²) in [6.45, 7) is 7.06. The fraction of sp³-hybridized carbons (Fsp3) is 0.900. The maximum atomic E-state index is 5.50. The zero-order chi connectivity index (χ0) is 9.52. The van der Waals surface area contributed by atoms with Crippen LogP contribution in [0.4, 0.5) is 0 Å². The minimum Gasteiger partial charge on any atom is -0.353 e. The quantitative estimate of drug-likeness (QED) is 0.676. The smallest absolute Gasteiger partial charge is 0.176 e. The Morgan fingerprint density at radius 1 is 1.54 bits per heavy atom. The van der Waals surface area contributed by atoms with Crippen molar-refractivity contribution in [3.05, 3.63) is 6.23 Å². The molecular formula is C10H21N2O. The van der Waals surface area contributed by atoms with Crippen LogP contribution in [-0.2, 0) is 4.74 Å². The second-order valence-electron chi connectivity index (χ2n) is 3.49. The highest BCUT2D eigenvalue weighted by molar-refractivity contribution is 4.85. The monoisotopic (exact) mass is 185 g/mol. The van der Waals surface area contributed by atoms with E-state index in [9.17, 15) is 0 Å². The SMILES string of the molecule is CCCC(CC)N[C]1CNCCO1. The summed E-state index contributed by atoms with van der Waals surface area (Å²) in [5.74, 6) is 0. The van der Waals surface area contributed by atoms with Crippen LogP contribution in [-0.4, -0.2) is 25.7 Å². The highest BCUT2D eigenvalue weighted by Gasteiger charge is 2.17. The predicted molar refractivity (Wildman–Crippen MR) is 54.2 cm³/mol. The molecular weight excluding hydrogens is 164 g/mol. The standard InChI is InChI=1S/C10H21N2O/c1-3-5-9(4-2)12-10-8-11-6-7-13-10/h9,11-12H,3-8H2,1-2H3. The molecule has 0 aliphatic carbocycles. The van der Waals surface area contributed by atoms with Gasteiger partial charge < -0.3 is 10.1 Å². The van der Waals surface area contributed by atoms with Crippen LogP contribution in [0.25, 0.3) is 0 Å². The summed E-state index contributed by atoms with van der Waals surface area (Å²) in [6.07, 6.45) is 4.64. The molecule has 0 aromatic carbocycles. The minimum atomic E-state index is 0.583. The van der Waals surface area contributed by atoms with E-state index in [2.05, 4.69) is 24.5 Å². The Hall–Kier alpha value is -0.120. The molecule has 1 radical (unpaired) electrons. The zero-order valence-corrected chi connectivity index (χ0v) is 8.73. The molecule has 13 heavy (non-hydrogen) atoms. The van der Waals surface area contributed by atoms with Gasteiger partial charge in [-0.15, -0.1) is 0 Å². The maximum Gasteiger partial charge on any atom is 0.176 e. The molecule has 1 aliphatic heterocycles. The van der Waals surface area contributed by atoms with Gasteiger partial charge in [0.05, 0.1) is 6.61 Å². The molecule has 0 aromatic rings. The lowest BCUT2D eigenvalue weighted by atomic mass is 10.1. The summed E-state index contributed by atoms with van der Waals surface area (Å²) in [4.78, 5) is 0. The van der Waals surface area contributed by atoms with E-state index < -0.39 is 0 Å². The van der Waals surface area contributed by atoms with Crippen molar-refractivity contribution >= 4 is 0 Å².